The number of rotatable bonds is 4. The van der Waals surface area contributed by atoms with Crippen LogP contribution in [0.4, 0.5) is 0 Å². The minimum Gasteiger partial charge on any atom is -0.326 e. The second kappa shape index (κ2) is 5.71. The molecule has 0 amide bonds. The smallest absolute Gasteiger partial charge is 0.0192 e. The van der Waals surface area contributed by atoms with Crippen LogP contribution in [0.5, 0.6) is 0 Å². The van der Waals surface area contributed by atoms with E-state index in [0.717, 1.165) is 0 Å². The van der Waals surface area contributed by atoms with E-state index in [9.17, 15) is 0 Å². The molecule has 0 saturated carbocycles. The second-order valence-electron chi connectivity index (χ2n) is 4.21. The molecule has 0 aliphatic rings. The molecule has 90 valence electrons. The predicted octanol–water partition coefficient (Wildman–Crippen LogP) is 4.37. The first-order valence-corrected chi connectivity index (χ1v) is 7.55. The van der Waals surface area contributed by atoms with E-state index in [4.69, 9.17) is 5.73 Å². The summed E-state index contributed by atoms with van der Waals surface area (Å²) >= 11 is 3.61. The summed E-state index contributed by atoms with van der Waals surface area (Å²) in [6, 6.07) is 8.76. The third-order valence-electron chi connectivity index (χ3n) is 2.50. The Morgan fingerprint density at radius 3 is 2.47 bits per heavy atom. The summed E-state index contributed by atoms with van der Waals surface area (Å²) in [4.78, 5) is 1.33. The Kier molecular flexibility index (Phi) is 4.26. The number of hydrogen-bond donors (Lipinski definition) is 1. The van der Waals surface area contributed by atoms with Gasteiger partial charge in [0.05, 0.1) is 0 Å². The van der Waals surface area contributed by atoms with Gasteiger partial charge in [0.2, 0.25) is 0 Å². The van der Waals surface area contributed by atoms with Gasteiger partial charge >= 0.3 is 0 Å². The van der Waals surface area contributed by atoms with Crippen LogP contribution in [-0.4, -0.2) is 5.25 Å². The zero-order valence-electron chi connectivity index (χ0n) is 10.1. The van der Waals surface area contributed by atoms with Crippen LogP contribution in [0.1, 0.15) is 19.4 Å². The average molecular weight is 263 g/mol. The predicted molar refractivity (Wildman–Crippen MR) is 78.6 cm³/mol. The molecule has 2 aromatic rings. The van der Waals surface area contributed by atoms with Gasteiger partial charge in [-0.25, -0.2) is 0 Å². The Morgan fingerprint density at radius 2 is 1.88 bits per heavy atom. The van der Waals surface area contributed by atoms with Crippen molar-refractivity contribution in [3.63, 3.8) is 0 Å². The Balaban J connectivity index is 2.23. The van der Waals surface area contributed by atoms with Crippen LogP contribution >= 0.6 is 23.1 Å². The Labute approximate surface area is 111 Å². The van der Waals surface area contributed by atoms with Gasteiger partial charge in [-0.1, -0.05) is 26.0 Å². The van der Waals surface area contributed by atoms with Crippen molar-refractivity contribution in [1.82, 2.24) is 0 Å². The van der Waals surface area contributed by atoms with Gasteiger partial charge in [0.1, 0.15) is 0 Å². The lowest BCUT2D eigenvalue weighted by Gasteiger charge is -2.06. The number of thioether (sulfide) groups is 1. The zero-order valence-corrected chi connectivity index (χ0v) is 11.8. The second-order valence-corrected chi connectivity index (χ2v) is 6.60. The number of nitrogens with two attached hydrogens (primary N) is 1. The quantitative estimate of drug-likeness (QED) is 0.829. The molecule has 0 aliphatic carbocycles. The standard InChI is InChI=1S/C14H17NS2/c1-10(2)17-13-5-3-11(4-6-13)14-9-16-8-12(14)7-15/h3-6,8-10H,7,15H2,1-2H3. The van der Waals surface area contributed by atoms with E-state index in [1.807, 2.05) is 11.8 Å². The Hall–Kier alpha value is -0.770. The lowest BCUT2D eigenvalue weighted by molar-refractivity contribution is 1.08. The molecule has 1 heterocycles. The van der Waals surface area contributed by atoms with Crippen molar-refractivity contribution in [2.75, 3.05) is 0 Å². The maximum absolute atomic E-state index is 5.73. The molecule has 0 saturated heterocycles. The monoisotopic (exact) mass is 263 g/mol. The van der Waals surface area contributed by atoms with Gasteiger partial charge in [0.25, 0.3) is 0 Å². The van der Waals surface area contributed by atoms with Gasteiger partial charge in [-0.05, 0) is 39.6 Å². The summed E-state index contributed by atoms with van der Waals surface area (Å²) in [7, 11) is 0. The van der Waals surface area contributed by atoms with Gasteiger partial charge < -0.3 is 5.73 Å². The number of thiophene rings is 1. The molecular weight excluding hydrogens is 246 g/mol. The zero-order chi connectivity index (χ0) is 12.3. The summed E-state index contributed by atoms with van der Waals surface area (Å²) in [6.07, 6.45) is 0. The fourth-order valence-corrected chi connectivity index (χ4v) is 3.44. The molecule has 1 aromatic carbocycles. The molecular formula is C14H17NS2. The van der Waals surface area contributed by atoms with Crippen molar-refractivity contribution in [2.24, 2.45) is 5.73 Å². The highest BCUT2D eigenvalue weighted by Crippen LogP contribution is 2.30. The lowest BCUT2D eigenvalue weighted by atomic mass is 10.1. The molecule has 1 aromatic heterocycles. The van der Waals surface area contributed by atoms with Gasteiger partial charge in [-0.15, -0.1) is 11.8 Å². The number of hydrogen-bond acceptors (Lipinski definition) is 3. The van der Waals surface area contributed by atoms with E-state index in [2.05, 4.69) is 48.9 Å². The van der Waals surface area contributed by atoms with Crippen LogP contribution in [0.3, 0.4) is 0 Å². The molecule has 0 aliphatic heterocycles. The van der Waals surface area contributed by atoms with Crippen LogP contribution in [0.2, 0.25) is 0 Å². The van der Waals surface area contributed by atoms with Crippen molar-refractivity contribution >= 4 is 23.1 Å². The highest BCUT2D eigenvalue weighted by molar-refractivity contribution is 7.99. The van der Waals surface area contributed by atoms with Gasteiger partial charge in [-0.3, -0.25) is 0 Å². The molecule has 0 fully saturated rings. The summed E-state index contributed by atoms with van der Waals surface area (Å²) in [5.41, 5.74) is 9.51. The van der Waals surface area contributed by atoms with Crippen LogP contribution < -0.4 is 5.73 Å². The third-order valence-corrected chi connectivity index (χ3v) is 4.31. The van der Waals surface area contributed by atoms with Crippen molar-refractivity contribution in [3.05, 3.63) is 40.6 Å². The lowest BCUT2D eigenvalue weighted by Crippen LogP contribution is -1.95. The summed E-state index contributed by atoms with van der Waals surface area (Å²) in [5, 5.41) is 4.93. The maximum Gasteiger partial charge on any atom is 0.0192 e. The SMILES string of the molecule is CC(C)Sc1ccc(-c2cscc2CN)cc1. The first-order valence-electron chi connectivity index (χ1n) is 5.73. The van der Waals surface area contributed by atoms with Crippen molar-refractivity contribution in [1.29, 1.82) is 0 Å². The molecule has 17 heavy (non-hydrogen) atoms. The molecule has 2 rings (SSSR count). The van der Waals surface area contributed by atoms with Crippen LogP contribution in [-0.2, 0) is 6.54 Å². The Morgan fingerprint density at radius 1 is 1.18 bits per heavy atom. The fourth-order valence-electron chi connectivity index (χ4n) is 1.72. The van der Waals surface area contributed by atoms with E-state index in [1.165, 1.54) is 21.6 Å². The normalized spacial score (nSPS) is 11.1. The van der Waals surface area contributed by atoms with E-state index in [-0.39, 0.29) is 0 Å². The van der Waals surface area contributed by atoms with Crippen molar-refractivity contribution in [2.45, 2.75) is 30.5 Å². The third kappa shape index (κ3) is 3.12. The van der Waals surface area contributed by atoms with Crippen molar-refractivity contribution in [3.8, 4) is 11.1 Å². The molecule has 3 heteroatoms. The van der Waals surface area contributed by atoms with Crippen molar-refractivity contribution < 1.29 is 0 Å². The summed E-state index contributed by atoms with van der Waals surface area (Å²) in [6.45, 7) is 5.04. The van der Waals surface area contributed by atoms with E-state index in [1.54, 1.807) is 11.3 Å². The average Bonchev–Trinajstić information content (AvgIpc) is 2.77. The van der Waals surface area contributed by atoms with E-state index < -0.39 is 0 Å². The minimum absolute atomic E-state index is 0.612. The van der Waals surface area contributed by atoms with Crippen LogP contribution in [0.15, 0.2) is 39.9 Å². The van der Waals surface area contributed by atoms with E-state index >= 15 is 0 Å². The first-order chi connectivity index (χ1) is 8.20. The Bertz CT molecular complexity index is 471. The van der Waals surface area contributed by atoms with Gasteiger partial charge in [0.15, 0.2) is 0 Å². The van der Waals surface area contributed by atoms with Crippen LogP contribution in [0, 0.1) is 0 Å². The molecule has 0 radical (unpaired) electrons. The molecule has 2 N–H and O–H groups in total. The maximum atomic E-state index is 5.73. The minimum atomic E-state index is 0.612. The topological polar surface area (TPSA) is 26.0 Å². The van der Waals surface area contributed by atoms with Gasteiger partial charge in [-0.2, -0.15) is 11.3 Å². The fraction of sp³-hybridized carbons (Fsp3) is 0.286. The largest absolute Gasteiger partial charge is 0.326 e. The highest BCUT2D eigenvalue weighted by atomic mass is 32.2. The summed E-state index contributed by atoms with van der Waals surface area (Å²) in [5.74, 6) is 0. The molecule has 0 bridgehead atoms. The van der Waals surface area contributed by atoms with Crippen LogP contribution in [0.25, 0.3) is 11.1 Å². The summed E-state index contributed by atoms with van der Waals surface area (Å²) < 4.78 is 0. The molecule has 0 atom stereocenters. The van der Waals surface area contributed by atoms with E-state index in [0.29, 0.717) is 11.8 Å². The molecule has 0 spiro atoms. The van der Waals surface area contributed by atoms with Gasteiger partial charge in [0, 0.05) is 16.7 Å². The molecule has 0 unspecified atom stereocenters. The molecule has 1 nitrogen and oxygen atoms in total. The first kappa shape index (κ1) is 12.7. The number of benzene rings is 1. The highest BCUT2D eigenvalue weighted by Gasteiger charge is 2.05.